The molecule has 1 heterocycles. The van der Waals surface area contributed by atoms with Gasteiger partial charge in [0.05, 0.1) is 6.54 Å². The summed E-state index contributed by atoms with van der Waals surface area (Å²) >= 11 is 5.96. The maximum Gasteiger partial charge on any atom is 0.316 e. The van der Waals surface area contributed by atoms with E-state index in [0.29, 0.717) is 29.3 Å². The Labute approximate surface area is 149 Å². The summed E-state index contributed by atoms with van der Waals surface area (Å²) in [7, 11) is 0. The fourth-order valence-corrected chi connectivity index (χ4v) is 3.21. The number of benzene rings is 1. The Morgan fingerprint density at radius 3 is 2.72 bits per heavy atom. The van der Waals surface area contributed by atoms with Crippen molar-refractivity contribution in [2.24, 2.45) is 5.73 Å². The summed E-state index contributed by atoms with van der Waals surface area (Å²) in [6.45, 7) is 0.147. The molecular weight excluding hydrogens is 344 g/mol. The number of urea groups is 1. The molecule has 8 heteroatoms. The van der Waals surface area contributed by atoms with E-state index in [1.54, 1.807) is 18.2 Å². The lowest BCUT2D eigenvalue weighted by Crippen LogP contribution is -2.57. The van der Waals surface area contributed by atoms with E-state index in [1.807, 2.05) is 12.1 Å². The maximum absolute atomic E-state index is 12.1. The second kappa shape index (κ2) is 7.14. The molecular formula is C17H19ClN4O3. The molecule has 1 aromatic carbocycles. The predicted molar refractivity (Wildman–Crippen MR) is 92.7 cm³/mol. The molecule has 7 nitrogen and oxygen atoms in total. The number of carbonyl (C=O) groups is 2. The summed E-state index contributed by atoms with van der Waals surface area (Å²) in [5.41, 5.74) is 5.95. The first-order valence-corrected chi connectivity index (χ1v) is 8.44. The van der Waals surface area contributed by atoms with E-state index >= 15 is 0 Å². The third-order valence-electron chi connectivity index (χ3n) is 4.38. The summed E-state index contributed by atoms with van der Waals surface area (Å²) in [6.07, 6.45) is 2.87. The number of primary amides is 1. The Kier molecular flexibility index (Phi) is 4.94. The van der Waals surface area contributed by atoms with Gasteiger partial charge in [-0.15, -0.1) is 0 Å². The number of hydrogen-bond acceptors (Lipinski definition) is 4. The van der Waals surface area contributed by atoms with Crippen LogP contribution in [0.1, 0.15) is 31.4 Å². The number of nitrogens with zero attached hydrogens (tertiary/aromatic N) is 1. The van der Waals surface area contributed by atoms with Gasteiger partial charge in [-0.05, 0) is 25.0 Å². The Bertz CT molecular complexity index is 784. The fraction of sp³-hybridized carbons (Fsp3) is 0.353. The minimum Gasteiger partial charge on any atom is -0.368 e. The molecule has 0 saturated heterocycles. The van der Waals surface area contributed by atoms with Crippen LogP contribution >= 0.6 is 11.6 Å². The highest BCUT2D eigenvalue weighted by Crippen LogP contribution is 2.29. The molecule has 1 aliphatic rings. The van der Waals surface area contributed by atoms with E-state index in [-0.39, 0.29) is 6.54 Å². The minimum absolute atomic E-state index is 0.147. The fourth-order valence-electron chi connectivity index (χ4n) is 3.02. The third kappa shape index (κ3) is 3.93. The molecule has 1 aromatic heterocycles. The van der Waals surface area contributed by atoms with Crippen LogP contribution in [0, 0.1) is 0 Å². The second-order valence-electron chi connectivity index (χ2n) is 6.15. The third-order valence-corrected chi connectivity index (χ3v) is 4.62. The van der Waals surface area contributed by atoms with Crippen molar-refractivity contribution in [3.63, 3.8) is 0 Å². The number of nitrogens with one attached hydrogen (secondary N) is 2. The normalized spacial score (nSPS) is 15.7. The number of amides is 3. The average Bonchev–Trinajstić information content (AvgIpc) is 3.23. The van der Waals surface area contributed by atoms with Gasteiger partial charge in [-0.3, -0.25) is 4.79 Å². The highest BCUT2D eigenvalue weighted by Gasteiger charge is 2.40. The van der Waals surface area contributed by atoms with E-state index in [9.17, 15) is 9.59 Å². The van der Waals surface area contributed by atoms with Gasteiger partial charge in [0.15, 0.2) is 5.76 Å². The van der Waals surface area contributed by atoms with Gasteiger partial charge in [-0.25, -0.2) is 4.79 Å². The largest absolute Gasteiger partial charge is 0.368 e. The van der Waals surface area contributed by atoms with Crippen LogP contribution in [-0.4, -0.2) is 22.6 Å². The van der Waals surface area contributed by atoms with Gasteiger partial charge in [0, 0.05) is 16.7 Å². The maximum atomic E-state index is 12.1. The van der Waals surface area contributed by atoms with E-state index in [4.69, 9.17) is 21.9 Å². The van der Waals surface area contributed by atoms with Crippen LogP contribution < -0.4 is 16.4 Å². The molecule has 3 amide bonds. The lowest BCUT2D eigenvalue weighted by molar-refractivity contribution is -0.123. The molecule has 1 fully saturated rings. The monoisotopic (exact) mass is 362 g/mol. The van der Waals surface area contributed by atoms with Crippen LogP contribution in [0.5, 0.6) is 0 Å². The van der Waals surface area contributed by atoms with Crippen molar-refractivity contribution in [2.45, 2.75) is 37.8 Å². The van der Waals surface area contributed by atoms with Gasteiger partial charge < -0.3 is 20.9 Å². The lowest BCUT2D eigenvalue weighted by atomic mass is 9.97. The van der Waals surface area contributed by atoms with Crippen molar-refractivity contribution >= 4 is 23.5 Å². The number of aromatic nitrogens is 1. The van der Waals surface area contributed by atoms with Crippen molar-refractivity contribution in [1.82, 2.24) is 15.8 Å². The van der Waals surface area contributed by atoms with E-state index < -0.39 is 17.5 Å². The van der Waals surface area contributed by atoms with Crippen LogP contribution in [0.15, 0.2) is 34.9 Å². The zero-order valence-electron chi connectivity index (χ0n) is 13.5. The van der Waals surface area contributed by atoms with Crippen molar-refractivity contribution in [2.75, 3.05) is 0 Å². The van der Waals surface area contributed by atoms with Gasteiger partial charge in [0.1, 0.15) is 11.2 Å². The summed E-state index contributed by atoms with van der Waals surface area (Å²) in [4.78, 5) is 23.8. The first-order valence-electron chi connectivity index (χ1n) is 8.06. The molecule has 0 aliphatic heterocycles. The molecule has 4 N–H and O–H groups in total. The standard InChI is InChI=1S/C17H19ClN4O3/c18-12-5-3-4-11(8-12)14-9-13(25-22-14)10-20-16(24)21-17(15(19)23)6-1-2-7-17/h3-5,8-9H,1-2,6-7,10H2,(H2,19,23)(H2,20,21,24). The van der Waals surface area contributed by atoms with E-state index in [2.05, 4.69) is 15.8 Å². The summed E-state index contributed by atoms with van der Waals surface area (Å²) < 4.78 is 5.22. The smallest absolute Gasteiger partial charge is 0.316 e. The van der Waals surface area contributed by atoms with Gasteiger partial charge in [0.2, 0.25) is 5.91 Å². The highest BCUT2D eigenvalue weighted by molar-refractivity contribution is 6.30. The zero-order chi connectivity index (χ0) is 17.9. The molecule has 0 spiro atoms. The molecule has 0 bridgehead atoms. The molecule has 0 atom stereocenters. The molecule has 1 saturated carbocycles. The van der Waals surface area contributed by atoms with Crippen molar-refractivity contribution in [3.05, 3.63) is 41.1 Å². The minimum atomic E-state index is -0.947. The second-order valence-corrected chi connectivity index (χ2v) is 6.59. The van der Waals surface area contributed by atoms with Crippen LogP contribution in [0.2, 0.25) is 5.02 Å². The van der Waals surface area contributed by atoms with E-state index in [1.165, 1.54) is 0 Å². The summed E-state index contributed by atoms with van der Waals surface area (Å²) in [6, 6.07) is 8.51. The molecule has 132 valence electrons. The number of hydrogen-bond donors (Lipinski definition) is 3. The first-order chi connectivity index (χ1) is 12.0. The zero-order valence-corrected chi connectivity index (χ0v) is 14.3. The van der Waals surface area contributed by atoms with Crippen molar-refractivity contribution in [1.29, 1.82) is 0 Å². The average molecular weight is 363 g/mol. The molecule has 2 aromatic rings. The van der Waals surface area contributed by atoms with Crippen molar-refractivity contribution in [3.8, 4) is 11.3 Å². The van der Waals surface area contributed by atoms with Gasteiger partial charge in [-0.1, -0.05) is 41.7 Å². The molecule has 1 aliphatic carbocycles. The highest BCUT2D eigenvalue weighted by atomic mass is 35.5. The number of carbonyl (C=O) groups excluding carboxylic acids is 2. The number of rotatable bonds is 5. The SMILES string of the molecule is NC(=O)C1(NC(=O)NCc2cc(-c3cccc(Cl)c3)no2)CCCC1. The lowest BCUT2D eigenvalue weighted by Gasteiger charge is -2.26. The quantitative estimate of drug-likeness (QED) is 0.759. The Morgan fingerprint density at radius 1 is 1.28 bits per heavy atom. The molecule has 3 rings (SSSR count). The Hall–Kier alpha value is -2.54. The number of nitrogens with two attached hydrogens (primary N) is 1. The van der Waals surface area contributed by atoms with Crippen LogP contribution in [0.25, 0.3) is 11.3 Å². The van der Waals surface area contributed by atoms with Crippen molar-refractivity contribution < 1.29 is 14.1 Å². The van der Waals surface area contributed by atoms with Crippen LogP contribution in [0.4, 0.5) is 4.79 Å². The molecule has 0 radical (unpaired) electrons. The molecule has 25 heavy (non-hydrogen) atoms. The molecule has 0 unspecified atom stereocenters. The van der Waals surface area contributed by atoms with Gasteiger partial charge in [-0.2, -0.15) is 0 Å². The number of halogens is 1. The van der Waals surface area contributed by atoms with Gasteiger partial charge >= 0.3 is 6.03 Å². The van der Waals surface area contributed by atoms with Crippen LogP contribution in [0.3, 0.4) is 0 Å². The summed E-state index contributed by atoms with van der Waals surface area (Å²) in [5, 5.41) is 9.94. The summed E-state index contributed by atoms with van der Waals surface area (Å²) in [5.74, 6) is -0.00673. The Morgan fingerprint density at radius 2 is 2.04 bits per heavy atom. The van der Waals surface area contributed by atoms with Crippen LogP contribution in [-0.2, 0) is 11.3 Å². The van der Waals surface area contributed by atoms with Gasteiger partial charge in [0.25, 0.3) is 0 Å². The van der Waals surface area contributed by atoms with E-state index in [0.717, 1.165) is 18.4 Å². The Balaban J connectivity index is 1.59. The predicted octanol–water partition coefficient (Wildman–Crippen LogP) is 2.59. The topological polar surface area (TPSA) is 110 Å². The first kappa shape index (κ1) is 17.3.